The van der Waals surface area contributed by atoms with Gasteiger partial charge in [0.2, 0.25) is 0 Å². The minimum absolute atomic E-state index is 0.0944. The molecule has 1 heterocycles. The highest BCUT2D eigenvalue weighted by Gasteiger charge is 2.14. The summed E-state index contributed by atoms with van der Waals surface area (Å²) in [6.45, 7) is 6.27. The van der Waals surface area contributed by atoms with E-state index in [-0.39, 0.29) is 6.04 Å². The van der Waals surface area contributed by atoms with Crippen molar-refractivity contribution in [2.45, 2.75) is 26.8 Å². The van der Waals surface area contributed by atoms with Crippen LogP contribution in [0.3, 0.4) is 0 Å². The maximum atomic E-state index is 6.30. The molecular formula is C14H19N3. The Kier molecular flexibility index (Phi) is 3.03. The molecule has 0 aliphatic carbocycles. The van der Waals surface area contributed by atoms with Gasteiger partial charge in [0.25, 0.3) is 0 Å². The molecule has 1 unspecified atom stereocenters. The van der Waals surface area contributed by atoms with Crippen LogP contribution in [0.25, 0.3) is 0 Å². The van der Waals surface area contributed by atoms with E-state index in [2.05, 4.69) is 37.1 Å². The summed E-state index contributed by atoms with van der Waals surface area (Å²) in [7, 11) is 1.94. The van der Waals surface area contributed by atoms with Crippen LogP contribution in [0.15, 0.2) is 24.4 Å². The van der Waals surface area contributed by atoms with Crippen LogP contribution in [0.2, 0.25) is 0 Å². The molecule has 0 bridgehead atoms. The van der Waals surface area contributed by atoms with Crippen molar-refractivity contribution in [1.29, 1.82) is 0 Å². The van der Waals surface area contributed by atoms with Crippen molar-refractivity contribution in [2.75, 3.05) is 0 Å². The largest absolute Gasteiger partial charge is 0.320 e. The first kappa shape index (κ1) is 11.9. The molecule has 2 aromatic rings. The molecule has 1 aromatic heterocycles. The van der Waals surface area contributed by atoms with Crippen LogP contribution in [0.1, 0.15) is 34.0 Å². The standard InChI is InChI=1S/C14H19N3/c1-9-5-6-12(7-10(9)2)14(15)13-8-16-17(4)11(13)3/h5-8,14H,15H2,1-4H3. The summed E-state index contributed by atoms with van der Waals surface area (Å²) in [5.74, 6) is 0. The van der Waals surface area contributed by atoms with Crippen LogP contribution in [-0.2, 0) is 7.05 Å². The Morgan fingerprint density at radius 1 is 1.18 bits per heavy atom. The van der Waals surface area contributed by atoms with E-state index in [4.69, 9.17) is 5.73 Å². The van der Waals surface area contributed by atoms with Crippen LogP contribution >= 0.6 is 0 Å². The molecular weight excluding hydrogens is 210 g/mol. The molecule has 90 valence electrons. The number of rotatable bonds is 2. The van der Waals surface area contributed by atoms with E-state index in [1.54, 1.807) is 0 Å². The first-order valence-corrected chi connectivity index (χ1v) is 5.82. The number of hydrogen-bond donors (Lipinski definition) is 1. The fraction of sp³-hybridized carbons (Fsp3) is 0.357. The molecule has 0 aliphatic rings. The minimum Gasteiger partial charge on any atom is -0.320 e. The summed E-state index contributed by atoms with van der Waals surface area (Å²) in [5.41, 5.74) is 12.2. The van der Waals surface area contributed by atoms with Crippen LogP contribution in [0, 0.1) is 20.8 Å². The van der Waals surface area contributed by atoms with Crippen molar-refractivity contribution >= 4 is 0 Å². The molecule has 0 radical (unpaired) electrons. The molecule has 0 fully saturated rings. The number of benzene rings is 1. The highest BCUT2D eigenvalue weighted by Crippen LogP contribution is 2.23. The minimum atomic E-state index is -0.0944. The molecule has 2 N–H and O–H groups in total. The smallest absolute Gasteiger partial charge is 0.0585 e. The number of nitrogens with two attached hydrogens (primary N) is 1. The Morgan fingerprint density at radius 3 is 2.41 bits per heavy atom. The first-order valence-electron chi connectivity index (χ1n) is 5.82. The van der Waals surface area contributed by atoms with E-state index in [9.17, 15) is 0 Å². The molecule has 1 atom stereocenters. The molecule has 3 heteroatoms. The Labute approximate surface area is 102 Å². The molecule has 0 saturated carbocycles. The van der Waals surface area contributed by atoms with Crippen molar-refractivity contribution in [2.24, 2.45) is 12.8 Å². The van der Waals surface area contributed by atoms with E-state index in [1.165, 1.54) is 11.1 Å². The number of aromatic nitrogens is 2. The highest BCUT2D eigenvalue weighted by atomic mass is 15.3. The summed E-state index contributed by atoms with van der Waals surface area (Å²) < 4.78 is 1.86. The highest BCUT2D eigenvalue weighted by molar-refractivity contribution is 5.37. The number of nitrogens with zero attached hydrogens (tertiary/aromatic N) is 2. The van der Waals surface area contributed by atoms with Gasteiger partial charge in [-0.25, -0.2) is 0 Å². The maximum Gasteiger partial charge on any atom is 0.0585 e. The summed E-state index contributed by atoms with van der Waals surface area (Å²) in [6, 6.07) is 6.28. The van der Waals surface area contributed by atoms with Crippen molar-refractivity contribution in [3.63, 3.8) is 0 Å². The zero-order chi connectivity index (χ0) is 12.6. The van der Waals surface area contributed by atoms with Gasteiger partial charge in [0.05, 0.1) is 12.2 Å². The Morgan fingerprint density at radius 2 is 1.88 bits per heavy atom. The van der Waals surface area contributed by atoms with Crippen molar-refractivity contribution in [1.82, 2.24) is 9.78 Å². The van der Waals surface area contributed by atoms with Crippen molar-refractivity contribution < 1.29 is 0 Å². The van der Waals surface area contributed by atoms with Gasteiger partial charge in [-0.1, -0.05) is 18.2 Å². The molecule has 0 amide bonds. The molecule has 0 saturated heterocycles. The third kappa shape index (κ3) is 2.11. The second-order valence-electron chi connectivity index (χ2n) is 4.63. The Balaban J connectivity index is 2.40. The van der Waals surface area contributed by atoms with Gasteiger partial charge in [-0.3, -0.25) is 4.68 Å². The molecule has 0 spiro atoms. The first-order chi connectivity index (χ1) is 8.00. The molecule has 2 rings (SSSR count). The fourth-order valence-corrected chi connectivity index (χ4v) is 1.96. The molecule has 17 heavy (non-hydrogen) atoms. The topological polar surface area (TPSA) is 43.8 Å². The summed E-state index contributed by atoms with van der Waals surface area (Å²) in [5, 5.41) is 4.24. The number of aryl methyl sites for hydroxylation is 3. The van der Waals surface area contributed by atoms with Gasteiger partial charge >= 0.3 is 0 Å². The lowest BCUT2D eigenvalue weighted by Crippen LogP contribution is -2.13. The lowest BCUT2D eigenvalue weighted by molar-refractivity contribution is 0.734. The van der Waals surface area contributed by atoms with E-state index in [0.29, 0.717) is 0 Å². The quantitative estimate of drug-likeness (QED) is 0.859. The monoisotopic (exact) mass is 229 g/mol. The van der Waals surface area contributed by atoms with Gasteiger partial charge in [-0.05, 0) is 37.5 Å². The third-order valence-corrected chi connectivity index (χ3v) is 3.50. The zero-order valence-electron chi connectivity index (χ0n) is 10.9. The lowest BCUT2D eigenvalue weighted by Gasteiger charge is -2.13. The summed E-state index contributed by atoms with van der Waals surface area (Å²) in [4.78, 5) is 0. The SMILES string of the molecule is Cc1ccc(C(N)c2cnn(C)c2C)cc1C. The van der Waals surface area contributed by atoms with Crippen LogP contribution in [-0.4, -0.2) is 9.78 Å². The van der Waals surface area contributed by atoms with Crippen LogP contribution in [0.4, 0.5) is 0 Å². The van der Waals surface area contributed by atoms with Crippen molar-refractivity contribution in [3.8, 4) is 0 Å². The fourth-order valence-electron chi connectivity index (χ4n) is 1.96. The van der Waals surface area contributed by atoms with Gasteiger partial charge in [0.15, 0.2) is 0 Å². The average Bonchev–Trinajstić information content (AvgIpc) is 2.63. The predicted octanol–water partition coefficient (Wildman–Crippen LogP) is 2.39. The predicted molar refractivity (Wildman–Crippen MR) is 69.9 cm³/mol. The zero-order valence-corrected chi connectivity index (χ0v) is 10.9. The summed E-state index contributed by atoms with van der Waals surface area (Å²) in [6.07, 6.45) is 1.86. The van der Waals surface area contributed by atoms with Crippen LogP contribution < -0.4 is 5.73 Å². The van der Waals surface area contributed by atoms with Gasteiger partial charge < -0.3 is 5.73 Å². The van der Waals surface area contributed by atoms with Gasteiger partial charge in [0, 0.05) is 18.3 Å². The Bertz CT molecular complexity index is 540. The lowest BCUT2D eigenvalue weighted by atomic mass is 9.97. The maximum absolute atomic E-state index is 6.30. The normalized spacial score (nSPS) is 12.8. The van der Waals surface area contributed by atoms with E-state index < -0.39 is 0 Å². The molecule has 3 nitrogen and oxygen atoms in total. The van der Waals surface area contributed by atoms with Crippen molar-refractivity contribution in [3.05, 3.63) is 52.3 Å². The second-order valence-corrected chi connectivity index (χ2v) is 4.63. The van der Waals surface area contributed by atoms with Crippen LogP contribution in [0.5, 0.6) is 0 Å². The van der Waals surface area contributed by atoms with E-state index in [0.717, 1.165) is 16.8 Å². The van der Waals surface area contributed by atoms with E-state index in [1.807, 2.05) is 24.9 Å². The molecule has 1 aromatic carbocycles. The Hall–Kier alpha value is -1.61. The summed E-state index contributed by atoms with van der Waals surface area (Å²) >= 11 is 0. The molecule has 0 aliphatic heterocycles. The number of hydrogen-bond acceptors (Lipinski definition) is 2. The van der Waals surface area contributed by atoms with Gasteiger partial charge in [-0.15, -0.1) is 0 Å². The third-order valence-electron chi connectivity index (χ3n) is 3.50. The van der Waals surface area contributed by atoms with Gasteiger partial charge in [-0.2, -0.15) is 5.10 Å². The van der Waals surface area contributed by atoms with Gasteiger partial charge in [0.1, 0.15) is 0 Å². The second kappa shape index (κ2) is 4.34. The average molecular weight is 229 g/mol. The van der Waals surface area contributed by atoms with E-state index >= 15 is 0 Å².